The van der Waals surface area contributed by atoms with E-state index in [-0.39, 0.29) is 31.4 Å². The minimum Gasteiger partial charge on any atom is -0.481 e. The van der Waals surface area contributed by atoms with Crippen LogP contribution >= 0.6 is 0 Å². The molecule has 0 aliphatic rings. The fraction of sp³-hybridized carbons (Fsp3) is 0.800. The Morgan fingerprint density at radius 2 is 1.93 bits per heavy atom. The first-order chi connectivity index (χ1) is 6.84. The number of aliphatic carboxylic acids is 1. The lowest BCUT2D eigenvalue weighted by atomic mass is 9.76. The van der Waals surface area contributed by atoms with Crippen molar-refractivity contribution in [1.82, 2.24) is 5.32 Å². The summed E-state index contributed by atoms with van der Waals surface area (Å²) in [6.07, 6.45) is -0.0694. The normalized spacial score (nSPS) is 14.7. The highest BCUT2D eigenvalue weighted by Crippen LogP contribution is 2.31. The lowest BCUT2D eigenvalue weighted by molar-refractivity contribution is -0.153. The van der Waals surface area contributed by atoms with Crippen LogP contribution in [0.4, 0.5) is 0 Å². The number of nitrogens with one attached hydrogen (secondary N) is 1. The number of amides is 1. The molecule has 0 spiro atoms. The zero-order valence-corrected chi connectivity index (χ0v) is 9.41. The van der Waals surface area contributed by atoms with E-state index in [4.69, 9.17) is 10.2 Å². The molecule has 0 aromatic heterocycles. The molecule has 88 valence electrons. The van der Waals surface area contributed by atoms with E-state index in [1.807, 2.05) is 0 Å². The van der Waals surface area contributed by atoms with Crippen molar-refractivity contribution in [2.45, 2.75) is 27.2 Å². The van der Waals surface area contributed by atoms with Gasteiger partial charge >= 0.3 is 5.97 Å². The van der Waals surface area contributed by atoms with Crippen molar-refractivity contribution in [3.63, 3.8) is 0 Å². The Bertz CT molecular complexity index is 240. The highest BCUT2D eigenvalue weighted by atomic mass is 16.4. The fourth-order valence-corrected chi connectivity index (χ4v) is 1.12. The highest BCUT2D eigenvalue weighted by Gasteiger charge is 2.38. The van der Waals surface area contributed by atoms with Crippen LogP contribution in [0.15, 0.2) is 0 Å². The number of hydrogen-bond acceptors (Lipinski definition) is 3. The molecule has 15 heavy (non-hydrogen) atoms. The van der Waals surface area contributed by atoms with Crippen LogP contribution in [0.2, 0.25) is 0 Å². The molecule has 0 aromatic rings. The average Bonchev–Trinajstić information content (AvgIpc) is 2.13. The molecule has 1 amide bonds. The number of aliphatic hydroxyl groups excluding tert-OH is 1. The van der Waals surface area contributed by atoms with Gasteiger partial charge in [-0.3, -0.25) is 9.59 Å². The summed E-state index contributed by atoms with van der Waals surface area (Å²) in [4.78, 5) is 22.4. The van der Waals surface area contributed by atoms with Crippen LogP contribution in [-0.4, -0.2) is 35.2 Å². The predicted octanol–water partition coefficient (Wildman–Crippen LogP) is 0.232. The third-order valence-corrected chi connectivity index (χ3v) is 2.72. The molecule has 1 atom stereocenters. The molecule has 0 aromatic carbocycles. The van der Waals surface area contributed by atoms with Gasteiger partial charge in [-0.1, -0.05) is 13.8 Å². The molecule has 0 saturated heterocycles. The van der Waals surface area contributed by atoms with E-state index in [9.17, 15) is 9.59 Å². The van der Waals surface area contributed by atoms with Gasteiger partial charge < -0.3 is 15.5 Å². The molecule has 0 radical (unpaired) electrons. The minimum atomic E-state index is -1.06. The summed E-state index contributed by atoms with van der Waals surface area (Å²) < 4.78 is 0. The SMILES string of the molecule is CC(C)C(C)(CC(=O)NCCO)C(=O)O. The van der Waals surface area contributed by atoms with Crippen molar-refractivity contribution >= 4 is 11.9 Å². The summed E-state index contributed by atoms with van der Waals surface area (Å²) >= 11 is 0. The number of carboxylic acid groups (broad SMARTS) is 1. The average molecular weight is 217 g/mol. The van der Waals surface area contributed by atoms with Crippen LogP contribution in [0.1, 0.15) is 27.2 Å². The monoisotopic (exact) mass is 217 g/mol. The maximum atomic E-state index is 11.3. The zero-order valence-electron chi connectivity index (χ0n) is 9.41. The molecule has 0 heterocycles. The molecule has 0 fully saturated rings. The van der Waals surface area contributed by atoms with E-state index >= 15 is 0 Å². The Morgan fingerprint density at radius 3 is 2.27 bits per heavy atom. The molecular formula is C10H19NO4. The second kappa shape index (κ2) is 5.70. The van der Waals surface area contributed by atoms with Gasteiger partial charge in [0.05, 0.1) is 12.0 Å². The third kappa shape index (κ3) is 3.87. The van der Waals surface area contributed by atoms with E-state index < -0.39 is 11.4 Å². The summed E-state index contributed by atoms with van der Waals surface area (Å²) in [7, 11) is 0. The maximum absolute atomic E-state index is 11.3. The van der Waals surface area contributed by atoms with Gasteiger partial charge in [-0.05, 0) is 12.8 Å². The summed E-state index contributed by atoms with van der Waals surface area (Å²) in [5.41, 5.74) is -1.06. The Balaban J connectivity index is 4.43. The first kappa shape index (κ1) is 13.9. The molecule has 0 aliphatic carbocycles. The lowest BCUT2D eigenvalue weighted by Crippen LogP contribution is -2.39. The van der Waals surface area contributed by atoms with Crippen LogP contribution in [0, 0.1) is 11.3 Å². The van der Waals surface area contributed by atoms with Crippen LogP contribution < -0.4 is 5.32 Å². The van der Waals surface area contributed by atoms with Crippen LogP contribution in [0.3, 0.4) is 0 Å². The smallest absolute Gasteiger partial charge is 0.310 e. The molecule has 0 bridgehead atoms. The molecule has 0 rings (SSSR count). The van der Waals surface area contributed by atoms with Gasteiger partial charge in [-0.2, -0.15) is 0 Å². The number of carbonyl (C=O) groups is 2. The maximum Gasteiger partial charge on any atom is 0.310 e. The van der Waals surface area contributed by atoms with E-state index in [0.29, 0.717) is 0 Å². The summed E-state index contributed by atoms with van der Waals surface area (Å²) in [6, 6.07) is 0. The van der Waals surface area contributed by atoms with E-state index in [1.165, 1.54) is 0 Å². The molecule has 0 aliphatic heterocycles. The number of hydrogen-bond donors (Lipinski definition) is 3. The van der Waals surface area contributed by atoms with Gasteiger partial charge in [-0.15, -0.1) is 0 Å². The predicted molar refractivity (Wildman–Crippen MR) is 55.3 cm³/mol. The van der Waals surface area contributed by atoms with Crippen LogP contribution in [0.25, 0.3) is 0 Å². The van der Waals surface area contributed by atoms with Crippen molar-refractivity contribution < 1.29 is 19.8 Å². The number of rotatable bonds is 6. The second-order valence-corrected chi connectivity index (χ2v) is 4.13. The lowest BCUT2D eigenvalue weighted by Gasteiger charge is -2.28. The van der Waals surface area contributed by atoms with Gasteiger partial charge in [0.2, 0.25) is 5.91 Å². The van der Waals surface area contributed by atoms with Crippen molar-refractivity contribution in [1.29, 1.82) is 0 Å². The highest BCUT2D eigenvalue weighted by molar-refractivity contribution is 5.84. The molecule has 5 heteroatoms. The first-order valence-electron chi connectivity index (χ1n) is 4.95. The molecular weight excluding hydrogens is 198 g/mol. The second-order valence-electron chi connectivity index (χ2n) is 4.13. The van der Waals surface area contributed by atoms with E-state index in [1.54, 1.807) is 20.8 Å². The standard InChI is InChI=1S/C10H19NO4/c1-7(2)10(3,9(14)15)6-8(13)11-4-5-12/h7,12H,4-6H2,1-3H3,(H,11,13)(H,14,15). The number of aliphatic hydroxyl groups is 1. The van der Waals surface area contributed by atoms with E-state index in [2.05, 4.69) is 5.32 Å². The molecule has 3 N–H and O–H groups in total. The van der Waals surface area contributed by atoms with Crippen molar-refractivity contribution in [2.75, 3.05) is 13.2 Å². The van der Waals surface area contributed by atoms with Gasteiger partial charge in [0.1, 0.15) is 0 Å². The van der Waals surface area contributed by atoms with Gasteiger partial charge in [0.15, 0.2) is 0 Å². The Hall–Kier alpha value is -1.10. The Labute approximate surface area is 89.5 Å². The van der Waals surface area contributed by atoms with Crippen LogP contribution in [-0.2, 0) is 9.59 Å². The quantitative estimate of drug-likeness (QED) is 0.594. The van der Waals surface area contributed by atoms with Gasteiger partial charge in [-0.25, -0.2) is 0 Å². The number of carbonyl (C=O) groups excluding carboxylic acids is 1. The summed E-state index contributed by atoms with van der Waals surface area (Å²) in [6.45, 7) is 5.11. The minimum absolute atomic E-state index is 0.0694. The summed E-state index contributed by atoms with van der Waals surface area (Å²) in [5, 5.41) is 20.0. The molecule has 5 nitrogen and oxygen atoms in total. The van der Waals surface area contributed by atoms with Gasteiger partial charge in [0.25, 0.3) is 0 Å². The summed E-state index contributed by atoms with van der Waals surface area (Å²) in [5.74, 6) is -1.45. The molecule has 1 unspecified atom stereocenters. The Morgan fingerprint density at radius 1 is 1.40 bits per heavy atom. The van der Waals surface area contributed by atoms with E-state index in [0.717, 1.165) is 0 Å². The topological polar surface area (TPSA) is 86.6 Å². The van der Waals surface area contributed by atoms with Crippen molar-refractivity contribution in [3.05, 3.63) is 0 Å². The number of carboxylic acids is 1. The van der Waals surface area contributed by atoms with Crippen molar-refractivity contribution in [2.24, 2.45) is 11.3 Å². The Kier molecular flexibility index (Phi) is 5.28. The first-order valence-corrected chi connectivity index (χ1v) is 4.95. The third-order valence-electron chi connectivity index (χ3n) is 2.72. The zero-order chi connectivity index (χ0) is 12.1. The van der Waals surface area contributed by atoms with Crippen molar-refractivity contribution in [3.8, 4) is 0 Å². The largest absolute Gasteiger partial charge is 0.481 e. The molecule has 0 saturated carbocycles. The fourth-order valence-electron chi connectivity index (χ4n) is 1.12. The van der Waals surface area contributed by atoms with Crippen LogP contribution in [0.5, 0.6) is 0 Å². The van der Waals surface area contributed by atoms with Gasteiger partial charge in [0, 0.05) is 13.0 Å².